The zero-order valence-electron chi connectivity index (χ0n) is 11.1. The van der Waals surface area contributed by atoms with Gasteiger partial charge in [-0.05, 0) is 26.7 Å². The van der Waals surface area contributed by atoms with Crippen LogP contribution < -0.4 is 0 Å². The second-order valence-corrected chi connectivity index (χ2v) is 6.66. The summed E-state index contributed by atoms with van der Waals surface area (Å²) >= 11 is 0. The van der Waals surface area contributed by atoms with Gasteiger partial charge in [-0.2, -0.15) is 9.40 Å². The van der Waals surface area contributed by atoms with Crippen molar-refractivity contribution in [3.63, 3.8) is 0 Å². The number of aryl methyl sites for hydroxylation is 2. The van der Waals surface area contributed by atoms with Crippen molar-refractivity contribution < 1.29 is 8.42 Å². The molecule has 0 bridgehead atoms. The second kappa shape index (κ2) is 5.40. The highest BCUT2D eigenvalue weighted by molar-refractivity contribution is 7.89. The van der Waals surface area contributed by atoms with Crippen LogP contribution in [0.2, 0.25) is 0 Å². The standard InChI is InChI=1S/C12H21N3O2S/c1-3-14-10-12(11(2)13-14)18(16,17)15-8-6-4-5-7-9-15/h10H,3-9H2,1-2H3. The molecule has 0 N–H and O–H groups in total. The van der Waals surface area contributed by atoms with Crippen LogP contribution in [0.4, 0.5) is 0 Å². The van der Waals surface area contributed by atoms with Crippen molar-refractivity contribution >= 4 is 10.0 Å². The Balaban J connectivity index is 2.31. The molecule has 0 spiro atoms. The lowest BCUT2D eigenvalue weighted by Crippen LogP contribution is -2.32. The fourth-order valence-corrected chi connectivity index (χ4v) is 4.02. The largest absolute Gasteiger partial charge is 0.271 e. The van der Waals surface area contributed by atoms with E-state index in [1.54, 1.807) is 22.1 Å². The van der Waals surface area contributed by atoms with Gasteiger partial charge in [0, 0.05) is 25.8 Å². The predicted octanol–water partition coefficient (Wildman–Crippen LogP) is 1.78. The first-order chi connectivity index (χ1) is 8.55. The summed E-state index contributed by atoms with van der Waals surface area (Å²) in [7, 11) is -3.36. The van der Waals surface area contributed by atoms with Gasteiger partial charge in [0.25, 0.3) is 0 Å². The summed E-state index contributed by atoms with van der Waals surface area (Å²) in [6.07, 6.45) is 5.81. The zero-order valence-corrected chi connectivity index (χ0v) is 11.9. The molecule has 1 aromatic rings. The zero-order chi connectivity index (χ0) is 13.2. The lowest BCUT2D eigenvalue weighted by Gasteiger charge is -2.19. The minimum atomic E-state index is -3.36. The number of rotatable bonds is 3. The third kappa shape index (κ3) is 2.59. The topological polar surface area (TPSA) is 55.2 Å². The molecule has 102 valence electrons. The first kappa shape index (κ1) is 13.5. The highest BCUT2D eigenvalue weighted by atomic mass is 32.2. The van der Waals surface area contributed by atoms with Crippen molar-refractivity contribution in [2.24, 2.45) is 0 Å². The molecule has 6 heteroatoms. The molecule has 5 nitrogen and oxygen atoms in total. The van der Waals surface area contributed by atoms with Gasteiger partial charge in [-0.1, -0.05) is 12.8 Å². The summed E-state index contributed by atoms with van der Waals surface area (Å²) in [5.74, 6) is 0. The first-order valence-electron chi connectivity index (χ1n) is 6.60. The number of hydrogen-bond acceptors (Lipinski definition) is 3. The summed E-state index contributed by atoms with van der Waals surface area (Å²) in [5, 5.41) is 4.22. The monoisotopic (exact) mass is 271 g/mol. The summed E-state index contributed by atoms with van der Waals surface area (Å²) in [6.45, 7) is 5.68. The van der Waals surface area contributed by atoms with Crippen LogP contribution in [0.15, 0.2) is 11.1 Å². The predicted molar refractivity (Wildman–Crippen MR) is 69.9 cm³/mol. The van der Waals surface area contributed by atoms with E-state index in [2.05, 4.69) is 5.10 Å². The highest BCUT2D eigenvalue weighted by Gasteiger charge is 2.28. The molecular weight excluding hydrogens is 250 g/mol. The molecule has 1 fully saturated rings. The molecular formula is C12H21N3O2S. The lowest BCUT2D eigenvalue weighted by atomic mass is 10.2. The van der Waals surface area contributed by atoms with Crippen LogP contribution in [0.1, 0.15) is 38.3 Å². The van der Waals surface area contributed by atoms with E-state index < -0.39 is 10.0 Å². The highest BCUT2D eigenvalue weighted by Crippen LogP contribution is 2.22. The summed E-state index contributed by atoms with van der Waals surface area (Å²) in [4.78, 5) is 0.367. The van der Waals surface area contributed by atoms with E-state index in [9.17, 15) is 8.42 Å². The Hall–Kier alpha value is -0.880. The van der Waals surface area contributed by atoms with Gasteiger partial charge in [0.1, 0.15) is 4.90 Å². The summed E-state index contributed by atoms with van der Waals surface area (Å²) in [6, 6.07) is 0. The van der Waals surface area contributed by atoms with Crippen LogP contribution in [0.25, 0.3) is 0 Å². The molecule has 0 amide bonds. The Morgan fingerprint density at radius 2 is 1.83 bits per heavy atom. The minimum absolute atomic E-state index is 0.367. The SMILES string of the molecule is CCn1cc(S(=O)(=O)N2CCCCCC2)c(C)n1. The van der Waals surface area contributed by atoms with Gasteiger partial charge in [-0.3, -0.25) is 4.68 Å². The molecule has 0 aliphatic carbocycles. The van der Waals surface area contributed by atoms with Crippen LogP contribution in [0.5, 0.6) is 0 Å². The molecule has 2 heterocycles. The molecule has 1 aliphatic rings. The van der Waals surface area contributed by atoms with Crippen LogP contribution in [0.3, 0.4) is 0 Å². The number of aromatic nitrogens is 2. The van der Waals surface area contributed by atoms with Crippen molar-refractivity contribution in [3.8, 4) is 0 Å². The third-order valence-corrected chi connectivity index (χ3v) is 5.41. The van der Waals surface area contributed by atoms with Gasteiger partial charge in [0.15, 0.2) is 0 Å². The van der Waals surface area contributed by atoms with Crippen molar-refractivity contribution in [1.82, 2.24) is 14.1 Å². The maximum absolute atomic E-state index is 12.6. The van der Waals surface area contributed by atoms with E-state index in [-0.39, 0.29) is 0 Å². The molecule has 1 aliphatic heterocycles. The Morgan fingerprint density at radius 3 is 2.33 bits per heavy atom. The van der Waals surface area contributed by atoms with Crippen LogP contribution >= 0.6 is 0 Å². The maximum atomic E-state index is 12.6. The van der Waals surface area contributed by atoms with E-state index in [0.717, 1.165) is 25.7 Å². The average Bonchev–Trinajstić information content (AvgIpc) is 2.55. The maximum Gasteiger partial charge on any atom is 0.246 e. The summed E-state index contributed by atoms with van der Waals surface area (Å²) in [5.41, 5.74) is 0.598. The molecule has 1 aromatic heterocycles. The number of hydrogen-bond donors (Lipinski definition) is 0. The summed E-state index contributed by atoms with van der Waals surface area (Å²) < 4.78 is 28.4. The number of nitrogens with zero attached hydrogens (tertiary/aromatic N) is 3. The minimum Gasteiger partial charge on any atom is -0.271 e. The van der Waals surface area contributed by atoms with Crippen molar-refractivity contribution in [2.45, 2.75) is 51.0 Å². The van der Waals surface area contributed by atoms with Gasteiger partial charge in [-0.15, -0.1) is 0 Å². The number of sulfonamides is 1. The molecule has 2 rings (SSSR count). The van der Waals surface area contributed by atoms with Gasteiger partial charge in [-0.25, -0.2) is 8.42 Å². The van der Waals surface area contributed by atoms with E-state index in [4.69, 9.17) is 0 Å². The van der Waals surface area contributed by atoms with E-state index in [0.29, 0.717) is 30.2 Å². The lowest BCUT2D eigenvalue weighted by molar-refractivity contribution is 0.423. The van der Waals surface area contributed by atoms with Crippen molar-refractivity contribution in [2.75, 3.05) is 13.1 Å². The first-order valence-corrected chi connectivity index (χ1v) is 8.04. The fraction of sp³-hybridized carbons (Fsp3) is 0.750. The van der Waals surface area contributed by atoms with E-state index >= 15 is 0 Å². The van der Waals surface area contributed by atoms with Crippen molar-refractivity contribution in [1.29, 1.82) is 0 Å². The third-order valence-electron chi connectivity index (χ3n) is 3.41. The molecule has 18 heavy (non-hydrogen) atoms. The van der Waals surface area contributed by atoms with Gasteiger partial charge in [0.05, 0.1) is 5.69 Å². The molecule has 0 saturated carbocycles. The van der Waals surface area contributed by atoms with Crippen molar-refractivity contribution in [3.05, 3.63) is 11.9 Å². The Morgan fingerprint density at radius 1 is 1.22 bits per heavy atom. The average molecular weight is 271 g/mol. The molecule has 1 saturated heterocycles. The fourth-order valence-electron chi connectivity index (χ4n) is 2.34. The Labute approximate surface area is 109 Å². The van der Waals surface area contributed by atoms with Gasteiger partial charge >= 0.3 is 0 Å². The molecule has 0 atom stereocenters. The van der Waals surface area contributed by atoms with E-state index in [1.165, 1.54) is 0 Å². The quantitative estimate of drug-likeness (QED) is 0.842. The van der Waals surface area contributed by atoms with E-state index in [1.807, 2.05) is 6.92 Å². The molecule has 0 unspecified atom stereocenters. The van der Waals surface area contributed by atoms with Gasteiger partial charge in [0.2, 0.25) is 10.0 Å². The molecule has 0 aromatic carbocycles. The Bertz CT molecular complexity index is 499. The van der Waals surface area contributed by atoms with Crippen LogP contribution in [-0.4, -0.2) is 35.6 Å². The second-order valence-electron chi connectivity index (χ2n) is 4.75. The van der Waals surface area contributed by atoms with Gasteiger partial charge < -0.3 is 0 Å². The Kier molecular flexibility index (Phi) is 4.07. The molecule has 0 radical (unpaired) electrons. The van der Waals surface area contributed by atoms with Crippen LogP contribution in [-0.2, 0) is 16.6 Å². The van der Waals surface area contributed by atoms with Crippen LogP contribution in [0, 0.1) is 6.92 Å². The smallest absolute Gasteiger partial charge is 0.246 e. The normalized spacial score (nSPS) is 18.8.